The van der Waals surface area contributed by atoms with Crippen molar-refractivity contribution in [2.75, 3.05) is 11.8 Å². The average molecular weight is 661 g/mol. The summed E-state index contributed by atoms with van der Waals surface area (Å²) in [6, 6.07) is 15.2. The highest BCUT2D eigenvalue weighted by atomic mass is 32.2. The number of rotatable bonds is 11. The Bertz CT molecular complexity index is 2220. The summed E-state index contributed by atoms with van der Waals surface area (Å²) >= 11 is 0. The molecule has 15 heteroatoms. The van der Waals surface area contributed by atoms with E-state index in [1.54, 1.807) is 19.2 Å². The number of anilines is 1. The summed E-state index contributed by atoms with van der Waals surface area (Å²) in [7, 11) is -0.784. The zero-order valence-electron chi connectivity index (χ0n) is 25.1. The molecule has 13 nitrogen and oxygen atoms in total. The summed E-state index contributed by atoms with van der Waals surface area (Å²) < 4.78 is 45.1. The van der Waals surface area contributed by atoms with E-state index in [1.165, 1.54) is 72.5 Å². The van der Waals surface area contributed by atoms with Crippen LogP contribution in [0.25, 0.3) is 16.6 Å². The van der Waals surface area contributed by atoms with E-state index < -0.39 is 50.6 Å². The monoisotopic (exact) mass is 660 g/mol. The zero-order valence-corrected chi connectivity index (χ0v) is 25.9. The smallest absolute Gasteiger partial charge is 0.335 e. The third kappa shape index (κ3) is 6.95. The fourth-order valence-electron chi connectivity index (χ4n) is 4.94. The van der Waals surface area contributed by atoms with Gasteiger partial charge in [0, 0.05) is 26.2 Å². The van der Waals surface area contributed by atoms with Crippen LogP contribution in [0.5, 0.6) is 0 Å². The Morgan fingerprint density at radius 3 is 2.30 bits per heavy atom. The summed E-state index contributed by atoms with van der Waals surface area (Å²) in [6.07, 6.45) is 2.65. The summed E-state index contributed by atoms with van der Waals surface area (Å²) in [6.45, 7) is 0.548. The van der Waals surface area contributed by atoms with Crippen LogP contribution in [0.15, 0.2) is 99.7 Å². The van der Waals surface area contributed by atoms with Crippen LogP contribution in [0.3, 0.4) is 0 Å². The van der Waals surface area contributed by atoms with Crippen LogP contribution in [0.2, 0.25) is 0 Å². The fraction of sp³-hybridized carbons (Fsp3) is 0.156. The van der Waals surface area contributed by atoms with Crippen molar-refractivity contribution < 1.29 is 27.5 Å². The van der Waals surface area contributed by atoms with Gasteiger partial charge < -0.3 is 15.7 Å². The van der Waals surface area contributed by atoms with Gasteiger partial charge in [0.2, 0.25) is 0 Å². The minimum absolute atomic E-state index is 0.0405. The van der Waals surface area contributed by atoms with Crippen LogP contribution >= 0.6 is 0 Å². The molecule has 47 heavy (non-hydrogen) atoms. The Morgan fingerprint density at radius 2 is 1.66 bits per heavy atom. The second kappa shape index (κ2) is 13.4. The van der Waals surface area contributed by atoms with Gasteiger partial charge in [-0.3, -0.25) is 23.9 Å². The number of carboxylic acids is 1. The third-order valence-electron chi connectivity index (χ3n) is 7.39. The molecule has 0 aliphatic carbocycles. The highest BCUT2D eigenvalue weighted by Gasteiger charge is 2.24. The van der Waals surface area contributed by atoms with Crippen LogP contribution in [-0.4, -0.2) is 52.6 Å². The van der Waals surface area contributed by atoms with Crippen molar-refractivity contribution in [2.24, 2.45) is 7.05 Å². The number of carbonyl (C=O) groups is 2. The summed E-state index contributed by atoms with van der Waals surface area (Å²) in [4.78, 5) is 54.8. The standard InChI is InChI=1S/C32H29FN6O7S/c1-34-17-20-5-10-23(11-6-20)47(45,46)37-21-7-12-24(26(33)16-21)29(40)36-27(31(42)43)15-19-3-8-22(9-4-19)39-30(41)25-13-14-35-18-28(25)38(2)32(39)44/h3-14,16,18,27,34,37H,15,17H2,1-2H3,(H,36,40)(H,42,43)/t27-/m0/s1. The highest BCUT2D eigenvalue weighted by Crippen LogP contribution is 2.20. The van der Waals surface area contributed by atoms with Gasteiger partial charge in [0.05, 0.1) is 38.9 Å². The van der Waals surface area contributed by atoms with Crippen LogP contribution in [0.4, 0.5) is 10.1 Å². The van der Waals surface area contributed by atoms with E-state index >= 15 is 0 Å². The first-order chi connectivity index (χ1) is 22.4. The lowest BCUT2D eigenvalue weighted by atomic mass is 10.0. The van der Waals surface area contributed by atoms with Crippen molar-refractivity contribution in [3.63, 3.8) is 0 Å². The number of halogens is 1. The van der Waals surface area contributed by atoms with E-state index in [1.807, 2.05) is 0 Å². The van der Waals surface area contributed by atoms with Crippen LogP contribution in [0.1, 0.15) is 21.5 Å². The van der Waals surface area contributed by atoms with Gasteiger partial charge >= 0.3 is 11.7 Å². The predicted octanol–water partition coefficient (Wildman–Crippen LogP) is 2.17. The molecule has 5 aromatic rings. The zero-order chi connectivity index (χ0) is 33.9. The number of hydrogen-bond acceptors (Lipinski definition) is 8. The molecule has 1 amide bonds. The van der Waals surface area contributed by atoms with Crippen molar-refractivity contribution in [2.45, 2.75) is 23.9 Å². The normalized spacial score (nSPS) is 12.1. The third-order valence-corrected chi connectivity index (χ3v) is 8.79. The van der Waals surface area contributed by atoms with E-state index in [4.69, 9.17) is 0 Å². The van der Waals surface area contributed by atoms with E-state index in [2.05, 4.69) is 20.3 Å². The Morgan fingerprint density at radius 1 is 0.979 bits per heavy atom. The lowest BCUT2D eigenvalue weighted by Gasteiger charge is -2.16. The molecule has 4 N–H and O–H groups in total. The average Bonchev–Trinajstić information content (AvgIpc) is 3.04. The molecule has 0 radical (unpaired) electrons. The number of aromatic nitrogens is 3. The number of fused-ring (bicyclic) bond motifs is 1. The van der Waals surface area contributed by atoms with Gasteiger partial charge in [-0.25, -0.2) is 27.0 Å². The molecule has 0 fully saturated rings. The number of benzene rings is 3. The van der Waals surface area contributed by atoms with E-state index in [0.29, 0.717) is 17.6 Å². The van der Waals surface area contributed by atoms with E-state index in [0.717, 1.165) is 22.3 Å². The Hall–Kier alpha value is -5.67. The number of nitrogens with zero attached hydrogens (tertiary/aromatic N) is 3. The molecule has 242 valence electrons. The van der Waals surface area contributed by atoms with Crippen LogP contribution < -0.4 is 26.6 Å². The Labute approximate surface area is 267 Å². The van der Waals surface area contributed by atoms with Gasteiger partial charge in [-0.05, 0) is 66.7 Å². The van der Waals surface area contributed by atoms with Crippen molar-refractivity contribution in [1.29, 1.82) is 0 Å². The van der Waals surface area contributed by atoms with Gasteiger partial charge in [-0.15, -0.1) is 0 Å². The highest BCUT2D eigenvalue weighted by molar-refractivity contribution is 7.92. The SMILES string of the molecule is CNCc1ccc(S(=O)(=O)Nc2ccc(C(=O)N[C@@H](Cc3ccc(-n4c(=O)c5ccncc5n(C)c4=O)cc3)C(=O)O)c(F)c2)cc1. The predicted molar refractivity (Wildman–Crippen MR) is 172 cm³/mol. The molecule has 0 spiro atoms. The number of carbonyl (C=O) groups excluding carboxylic acids is 1. The number of hydrogen-bond donors (Lipinski definition) is 4. The Kier molecular flexibility index (Phi) is 9.30. The summed E-state index contributed by atoms with van der Waals surface area (Å²) in [5.74, 6) is -3.48. The van der Waals surface area contributed by atoms with E-state index in [9.17, 15) is 37.1 Å². The molecule has 3 aromatic carbocycles. The van der Waals surface area contributed by atoms with Crippen molar-refractivity contribution in [3.05, 3.63) is 129 Å². The van der Waals surface area contributed by atoms with Crippen LogP contribution in [0, 0.1) is 5.82 Å². The summed E-state index contributed by atoms with van der Waals surface area (Å²) in [5.41, 5.74) is 0.157. The molecule has 0 aliphatic heterocycles. The molecule has 0 saturated heterocycles. The van der Waals surface area contributed by atoms with Gasteiger partial charge in [0.25, 0.3) is 21.5 Å². The van der Waals surface area contributed by atoms with Crippen molar-refractivity contribution in [1.82, 2.24) is 24.8 Å². The molecule has 0 aliphatic rings. The van der Waals surface area contributed by atoms with E-state index in [-0.39, 0.29) is 28.1 Å². The maximum absolute atomic E-state index is 15.0. The quantitative estimate of drug-likeness (QED) is 0.165. The van der Waals surface area contributed by atoms with Gasteiger partial charge in [-0.2, -0.15) is 0 Å². The molecular formula is C32H29FN6O7S. The minimum atomic E-state index is -4.05. The Balaban J connectivity index is 1.29. The molecule has 5 rings (SSSR count). The largest absolute Gasteiger partial charge is 0.480 e. The molecule has 0 bridgehead atoms. The number of amides is 1. The van der Waals surface area contributed by atoms with Gasteiger partial charge in [-0.1, -0.05) is 24.3 Å². The van der Waals surface area contributed by atoms with Crippen LogP contribution in [-0.2, 0) is 34.8 Å². The number of pyridine rings is 1. The minimum Gasteiger partial charge on any atom is -0.480 e. The summed E-state index contributed by atoms with van der Waals surface area (Å²) in [5, 5.41) is 15.3. The maximum atomic E-state index is 15.0. The first kappa shape index (κ1) is 32.7. The lowest BCUT2D eigenvalue weighted by Crippen LogP contribution is -2.42. The van der Waals surface area contributed by atoms with Crippen molar-refractivity contribution >= 4 is 38.5 Å². The number of carboxylic acid groups (broad SMARTS) is 1. The molecule has 1 atom stereocenters. The number of aryl methyl sites for hydroxylation is 1. The second-order valence-electron chi connectivity index (χ2n) is 10.6. The first-order valence-corrected chi connectivity index (χ1v) is 15.6. The maximum Gasteiger partial charge on any atom is 0.335 e. The number of sulfonamides is 1. The molecule has 2 aromatic heterocycles. The number of nitrogens with one attached hydrogen (secondary N) is 3. The molecule has 2 heterocycles. The second-order valence-corrected chi connectivity index (χ2v) is 12.3. The number of aliphatic carboxylic acids is 1. The molecule has 0 unspecified atom stereocenters. The van der Waals surface area contributed by atoms with Gasteiger partial charge in [0.15, 0.2) is 0 Å². The molecule has 0 saturated carbocycles. The van der Waals surface area contributed by atoms with Crippen molar-refractivity contribution in [3.8, 4) is 5.69 Å². The molecular weight excluding hydrogens is 631 g/mol. The first-order valence-electron chi connectivity index (χ1n) is 14.1. The van der Waals surface area contributed by atoms with Gasteiger partial charge in [0.1, 0.15) is 11.9 Å². The topological polar surface area (TPSA) is 181 Å². The fourth-order valence-corrected chi connectivity index (χ4v) is 5.99. The lowest BCUT2D eigenvalue weighted by molar-refractivity contribution is -0.139.